The van der Waals surface area contributed by atoms with E-state index in [4.69, 9.17) is 4.74 Å². The van der Waals surface area contributed by atoms with Crippen LogP contribution in [0.15, 0.2) is 48.6 Å². The highest BCUT2D eigenvalue weighted by atomic mass is 16.5. The maximum atomic E-state index is 12.5. The predicted octanol–water partition coefficient (Wildman–Crippen LogP) is 18.6. The number of aliphatic hydroxyl groups is 2. The summed E-state index contributed by atoms with van der Waals surface area (Å²) in [6.07, 6.45) is 72.7. The lowest BCUT2D eigenvalue weighted by Crippen LogP contribution is -2.45. The molecule has 3 N–H and O–H groups in total. The third-order valence-electron chi connectivity index (χ3n) is 13.6. The van der Waals surface area contributed by atoms with Crippen molar-refractivity contribution in [1.82, 2.24) is 5.32 Å². The Bertz CT molecular complexity index is 1150. The first kappa shape index (κ1) is 65.8. The minimum absolute atomic E-state index is 0.00793. The zero-order chi connectivity index (χ0) is 49.3. The summed E-state index contributed by atoms with van der Waals surface area (Å²) in [4.78, 5) is 24.5. The standard InChI is InChI=1S/C62H115NO5/c1-3-5-7-9-11-13-15-17-19-21-22-23-28-32-36-40-44-48-52-56-62(67)68-57-53-49-45-41-37-33-29-25-24-27-31-35-39-43-47-51-55-61(66)63-59(58-64)60(65)54-50-46-42-38-34-30-26-20-18-16-14-12-10-8-6-4-2/h11,13,17,19,24,27,50,54,59-60,64-65H,3-10,12,14-16,18,20-23,25-26,28-49,51-53,55-58H2,1-2H3,(H,63,66)/b13-11-,19-17-,27-24-,54-50+. The molecular formula is C62H115NO5. The van der Waals surface area contributed by atoms with E-state index in [2.05, 4.69) is 55.6 Å². The monoisotopic (exact) mass is 954 g/mol. The number of carbonyl (C=O) groups excluding carboxylic acids is 2. The molecule has 0 saturated heterocycles. The van der Waals surface area contributed by atoms with Gasteiger partial charge in [0.15, 0.2) is 0 Å². The van der Waals surface area contributed by atoms with E-state index < -0.39 is 12.1 Å². The number of unbranched alkanes of at least 4 members (excludes halogenated alkanes) is 38. The molecule has 0 rings (SSSR count). The third-order valence-corrected chi connectivity index (χ3v) is 13.6. The fraction of sp³-hybridized carbons (Fsp3) is 0.839. The first-order chi connectivity index (χ1) is 33.5. The number of ether oxygens (including phenoxy) is 1. The third kappa shape index (κ3) is 53.2. The van der Waals surface area contributed by atoms with E-state index in [0.717, 1.165) is 70.6 Å². The number of allylic oxidation sites excluding steroid dienone is 7. The van der Waals surface area contributed by atoms with Crippen LogP contribution in [0, 0.1) is 0 Å². The minimum atomic E-state index is -0.856. The summed E-state index contributed by atoms with van der Waals surface area (Å²) in [6.45, 7) is 4.86. The van der Waals surface area contributed by atoms with Crippen molar-refractivity contribution in [3.05, 3.63) is 48.6 Å². The van der Waals surface area contributed by atoms with Gasteiger partial charge in [-0.1, -0.05) is 255 Å². The fourth-order valence-corrected chi connectivity index (χ4v) is 8.95. The van der Waals surface area contributed by atoms with Crippen LogP contribution in [0.5, 0.6) is 0 Å². The van der Waals surface area contributed by atoms with Crippen LogP contribution >= 0.6 is 0 Å². The van der Waals surface area contributed by atoms with Gasteiger partial charge in [-0.05, 0) is 89.9 Å². The molecule has 2 atom stereocenters. The highest BCUT2D eigenvalue weighted by Crippen LogP contribution is 2.16. The topological polar surface area (TPSA) is 95.9 Å². The Morgan fingerprint density at radius 1 is 0.412 bits per heavy atom. The van der Waals surface area contributed by atoms with Gasteiger partial charge in [0.2, 0.25) is 5.91 Å². The summed E-state index contributed by atoms with van der Waals surface area (Å²) in [5.74, 6) is -0.0927. The van der Waals surface area contributed by atoms with Crippen LogP contribution in [-0.4, -0.2) is 47.4 Å². The highest BCUT2D eigenvalue weighted by Gasteiger charge is 2.18. The number of carbonyl (C=O) groups is 2. The Kier molecular flexibility index (Phi) is 55.6. The molecule has 0 fully saturated rings. The van der Waals surface area contributed by atoms with Crippen LogP contribution < -0.4 is 5.32 Å². The molecule has 0 aliphatic carbocycles. The molecule has 0 aliphatic rings. The molecule has 6 heteroatoms. The Hall–Kier alpha value is -2.18. The van der Waals surface area contributed by atoms with Crippen molar-refractivity contribution >= 4 is 11.9 Å². The summed E-state index contributed by atoms with van der Waals surface area (Å²) in [5.41, 5.74) is 0. The summed E-state index contributed by atoms with van der Waals surface area (Å²) >= 11 is 0. The molecule has 0 aromatic heterocycles. The molecule has 6 nitrogen and oxygen atoms in total. The molecule has 0 bridgehead atoms. The van der Waals surface area contributed by atoms with Gasteiger partial charge in [-0.15, -0.1) is 0 Å². The number of rotatable bonds is 55. The first-order valence-electron chi connectivity index (χ1n) is 29.9. The normalized spacial score (nSPS) is 12.9. The highest BCUT2D eigenvalue weighted by molar-refractivity contribution is 5.76. The number of hydrogen-bond acceptors (Lipinski definition) is 5. The summed E-state index contributed by atoms with van der Waals surface area (Å²) < 4.78 is 5.48. The van der Waals surface area contributed by atoms with Crippen molar-refractivity contribution < 1.29 is 24.5 Å². The average Bonchev–Trinajstić information content (AvgIpc) is 3.34. The molecule has 398 valence electrons. The van der Waals surface area contributed by atoms with E-state index in [-0.39, 0.29) is 18.5 Å². The average molecular weight is 955 g/mol. The number of esters is 1. The molecule has 0 aromatic carbocycles. The zero-order valence-electron chi connectivity index (χ0n) is 45.3. The van der Waals surface area contributed by atoms with Crippen molar-refractivity contribution in [2.75, 3.05) is 13.2 Å². The van der Waals surface area contributed by atoms with Crippen LogP contribution in [0.4, 0.5) is 0 Å². The Morgan fingerprint density at radius 3 is 1.16 bits per heavy atom. The minimum Gasteiger partial charge on any atom is -0.466 e. The Balaban J connectivity index is 3.48. The molecule has 0 spiro atoms. The van der Waals surface area contributed by atoms with E-state index in [9.17, 15) is 19.8 Å². The predicted molar refractivity (Wildman–Crippen MR) is 296 cm³/mol. The molecule has 68 heavy (non-hydrogen) atoms. The van der Waals surface area contributed by atoms with E-state index in [1.807, 2.05) is 6.08 Å². The van der Waals surface area contributed by atoms with Crippen molar-refractivity contribution in [3.8, 4) is 0 Å². The molecule has 2 unspecified atom stereocenters. The summed E-state index contributed by atoms with van der Waals surface area (Å²) in [5, 5.41) is 23.1. The second-order valence-electron chi connectivity index (χ2n) is 20.3. The Labute approximate surface area is 423 Å². The van der Waals surface area contributed by atoms with Crippen LogP contribution in [-0.2, 0) is 14.3 Å². The molecule has 0 aliphatic heterocycles. The van der Waals surface area contributed by atoms with Gasteiger partial charge in [-0.25, -0.2) is 0 Å². The van der Waals surface area contributed by atoms with Gasteiger partial charge in [0.25, 0.3) is 0 Å². The number of aliphatic hydroxyl groups excluding tert-OH is 2. The van der Waals surface area contributed by atoms with Gasteiger partial charge in [0.1, 0.15) is 0 Å². The van der Waals surface area contributed by atoms with E-state index in [1.54, 1.807) is 6.08 Å². The molecule has 0 radical (unpaired) electrons. The summed E-state index contributed by atoms with van der Waals surface area (Å²) in [7, 11) is 0. The zero-order valence-corrected chi connectivity index (χ0v) is 45.3. The lowest BCUT2D eigenvalue weighted by molar-refractivity contribution is -0.143. The van der Waals surface area contributed by atoms with Gasteiger partial charge < -0.3 is 20.3 Å². The smallest absolute Gasteiger partial charge is 0.305 e. The van der Waals surface area contributed by atoms with Crippen molar-refractivity contribution in [3.63, 3.8) is 0 Å². The SMILES string of the molecule is CCCCC/C=C\C/C=C\CCCCCCCCCCCC(=O)OCCCCCCCCC/C=C\CCCCCCCC(=O)NC(CO)C(O)/C=C/CCCCCCCCCCCCCCCC. The summed E-state index contributed by atoms with van der Waals surface area (Å²) in [6, 6.07) is -0.641. The maximum absolute atomic E-state index is 12.5. The van der Waals surface area contributed by atoms with Gasteiger partial charge in [0, 0.05) is 12.8 Å². The number of hydrogen-bond donors (Lipinski definition) is 3. The Morgan fingerprint density at radius 2 is 0.735 bits per heavy atom. The second-order valence-corrected chi connectivity index (χ2v) is 20.3. The van der Waals surface area contributed by atoms with Gasteiger partial charge in [0.05, 0.1) is 25.4 Å². The second kappa shape index (κ2) is 57.4. The van der Waals surface area contributed by atoms with Gasteiger partial charge in [-0.2, -0.15) is 0 Å². The van der Waals surface area contributed by atoms with Crippen LogP contribution in [0.3, 0.4) is 0 Å². The fourth-order valence-electron chi connectivity index (χ4n) is 8.95. The van der Waals surface area contributed by atoms with Crippen LogP contribution in [0.1, 0.15) is 309 Å². The lowest BCUT2D eigenvalue weighted by Gasteiger charge is -2.20. The van der Waals surface area contributed by atoms with Crippen molar-refractivity contribution in [2.45, 2.75) is 321 Å². The molecule has 1 amide bonds. The first-order valence-corrected chi connectivity index (χ1v) is 29.9. The van der Waals surface area contributed by atoms with Crippen molar-refractivity contribution in [2.24, 2.45) is 0 Å². The largest absolute Gasteiger partial charge is 0.466 e. The van der Waals surface area contributed by atoms with Crippen LogP contribution in [0.25, 0.3) is 0 Å². The molecule has 0 saturated carbocycles. The van der Waals surface area contributed by atoms with E-state index in [0.29, 0.717) is 19.4 Å². The van der Waals surface area contributed by atoms with Crippen LogP contribution in [0.2, 0.25) is 0 Å². The number of nitrogens with one attached hydrogen (secondary N) is 1. The molecule has 0 aromatic rings. The number of amides is 1. The molecule has 0 heterocycles. The lowest BCUT2D eigenvalue weighted by atomic mass is 10.0. The van der Waals surface area contributed by atoms with Crippen molar-refractivity contribution in [1.29, 1.82) is 0 Å². The van der Waals surface area contributed by atoms with Gasteiger partial charge in [-0.3, -0.25) is 9.59 Å². The van der Waals surface area contributed by atoms with E-state index in [1.165, 1.54) is 212 Å². The quantitative estimate of drug-likeness (QED) is 0.0321. The maximum Gasteiger partial charge on any atom is 0.305 e. The van der Waals surface area contributed by atoms with Gasteiger partial charge >= 0.3 is 5.97 Å². The molecular weight excluding hydrogens is 839 g/mol. The van der Waals surface area contributed by atoms with E-state index >= 15 is 0 Å².